The molecule has 3 rings (SSSR count). The normalized spacial score (nSPS) is 10.9. The third-order valence-corrected chi connectivity index (χ3v) is 3.75. The molecule has 2 aromatic carbocycles. The van der Waals surface area contributed by atoms with Gasteiger partial charge in [-0.15, -0.1) is 0 Å². The summed E-state index contributed by atoms with van der Waals surface area (Å²) in [5, 5.41) is 1.73. The number of hydrogen-bond donors (Lipinski definition) is 1. The highest BCUT2D eigenvalue weighted by Crippen LogP contribution is 2.26. The van der Waals surface area contributed by atoms with E-state index in [-0.39, 0.29) is 5.56 Å². The molecule has 0 unspecified atom stereocenters. The van der Waals surface area contributed by atoms with Gasteiger partial charge in [-0.3, -0.25) is 4.79 Å². The van der Waals surface area contributed by atoms with Crippen LogP contribution in [-0.4, -0.2) is 4.98 Å². The number of fused-ring (bicyclic) bond motifs is 1. The van der Waals surface area contributed by atoms with E-state index in [9.17, 15) is 4.79 Å². The van der Waals surface area contributed by atoms with Crippen LogP contribution >= 0.6 is 0 Å². The van der Waals surface area contributed by atoms with Crippen molar-refractivity contribution in [3.63, 3.8) is 0 Å². The maximum absolute atomic E-state index is 12.3. The fourth-order valence-corrected chi connectivity index (χ4v) is 2.76. The minimum atomic E-state index is -0.0276. The Kier molecular flexibility index (Phi) is 2.94. The second kappa shape index (κ2) is 4.64. The molecule has 0 saturated carbocycles. The molecule has 0 aliphatic carbocycles. The van der Waals surface area contributed by atoms with Crippen LogP contribution in [0.4, 0.5) is 0 Å². The minimum absolute atomic E-state index is 0.0276. The van der Waals surface area contributed by atoms with E-state index in [4.69, 9.17) is 0 Å². The summed E-state index contributed by atoms with van der Waals surface area (Å²) in [5.41, 5.74) is 5.49. The van der Waals surface area contributed by atoms with E-state index in [1.165, 1.54) is 11.1 Å². The van der Waals surface area contributed by atoms with E-state index in [2.05, 4.69) is 43.1 Å². The van der Waals surface area contributed by atoms with Crippen molar-refractivity contribution >= 4 is 10.8 Å². The smallest absolute Gasteiger partial charge is 0.256 e. The van der Waals surface area contributed by atoms with Gasteiger partial charge in [-0.2, -0.15) is 0 Å². The summed E-state index contributed by atoms with van der Waals surface area (Å²) in [6.07, 6.45) is 0. The van der Waals surface area contributed by atoms with Gasteiger partial charge in [0.25, 0.3) is 5.56 Å². The molecule has 0 spiro atoms. The molecule has 0 amide bonds. The van der Waals surface area contributed by atoms with E-state index in [1.807, 2.05) is 25.1 Å². The SMILES string of the molecule is Cc1ccc2c(=O)[nH]c(-c3c(C)cccc3C)cc2c1. The first-order valence-corrected chi connectivity index (χ1v) is 6.76. The Bertz CT molecular complexity index is 839. The average molecular weight is 263 g/mol. The summed E-state index contributed by atoms with van der Waals surface area (Å²) in [5.74, 6) is 0. The van der Waals surface area contributed by atoms with Crippen molar-refractivity contribution in [3.05, 3.63) is 69.5 Å². The molecule has 0 aliphatic heterocycles. The zero-order valence-electron chi connectivity index (χ0n) is 11.9. The molecule has 0 radical (unpaired) electrons. The van der Waals surface area contributed by atoms with Gasteiger partial charge in [0.15, 0.2) is 0 Å². The number of nitrogens with one attached hydrogen (secondary N) is 1. The van der Waals surface area contributed by atoms with Crippen molar-refractivity contribution in [2.75, 3.05) is 0 Å². The largest absolute Gasteiger partial charge is 0.321 e. The number of H-pyrrole nitrogens is 1. The van der Waals surface area contributed by atoms with Crippen LogP contribution in [0.1, 0.15) is 16.7 Å². The second-order valence-electron chi connectivity index (χ2n) is 5.37. The Morgan fingerprint density at radius 2 is 1.60 bits per heavy atom. The monoisotopic (exact) mass is 263 g/mol. The summed E-state index contributed by atoms with van der Waals surface area (Å²) in [6, 6.07) is 14.2. The van der Waals surface area contributed by atoms with Crippen molar-refractivity contribution in [2.24, 2.45) is 0 Å². The van der Waals surface area contributed by atoms with Crippen LogP contribution < -0.4 is 5.56 Å². The van der Waals surface area contributed by atoms with Crippen molar-refractivity contribution in [1.82, 2.24) is 4.98 Å². The molecule has 1 N–H and O–H groups in total. The third-order valence-electron chi connectivity index (χ3n) is 3.75. The fourth-order valence-electron chi connectivity index (χ4n) is 2.76. The lowest BCUT2D eigenvalue weighted by molar-refractivity contribution is 1.25. The number of benzene rings is 2. The van der Waals surface area contributed by atoms with Gasteiger partial charge in [-0.1, -0.05) is 35.9 Å². The molecule has 1 aromatic heterocycles. The quantitative estimate of drug-likeness (QED) is 0.703. The predicted octanol–water partition coefficient (Wildman–Crippen LogP) is 4.12. The lowest BCUT2D eigenvalue weighted by Crippen LogP contribution is -2.08. The zero-order valence-corrected chi connectivity index (χ0v) is 11.9. The lowest BCUT2D eigenvalue weighted by atomic mass is 9.98. The first-order chi connectivity index (χ1) is 9.56. The van der Waals surface area contributed by atoms with Crippen molar-refractivity contribution in [1.29, 1.82) is 0 Å². The Hall–Kier alpha value is -2.35. The molecule has 2 heteroatoms. The number of rotatable bonds is 1. The highest BCUT2D eigenvalue weighted by atomic mass is 16.1. The fraction of sp³-hybridized carbons (Fsp3) is 0.167. The minimum Gasteiger partial charge on any atom is -0.321 e. The molecular weight excluding hydrogens is 246 g/mol. The molecule has 0 fully saturated rings. The maximum Gasteiger partial charge on any atom is 0.256 e. The summed E-state index contributed by atoms with van der Waals surface area (Å²) in [4.78, 5) is 15.3. The van der Waals surface area contributed by atoms with Crippen LogP contribution in [0.5, 0.6) is 0 Å². The Balaban J connectivity index is 2.35. The first-order valence-electron chi connectivity index (χ1n) is 6.76. The number of pyridine rings is 1. The van der Waals surface area contributed by atoms with Crippen LogP contribution in [0.15, 0.2) is 47.3 Å². The Morgan fingerprint density at radius 1 is 0.900 bits per heavy atom. The average Bonchev–Trinajstić information content (AvgIpc) is 2.38. The Labute approximate surface area is 118 Å². The van der Waals surface area contributed by atoms with E-state index >= 15 is 0 Å². The van der Waals surface area contributed by atoms with Gasteiger partial charge in [-0.05, 0) is 49.4 Å². The lowest BCUT2D eigenvalue weighted by Gasteiger charge is -2.10. The highest BCUT2D eigenvalue weighted by Gasteiger charge is 2.08. The maximum atomic E-state index is 12.3. The van der Waals surface area contributed by atoms with Crippen LogP contribution in [0.25, 0.3) is 22.0 Å². The van der Waals surface area contributed by atoms with Gasteiger partial charge in [0, 0.05) is 16.6 Å². The molecule has 0 aliphatic rings. The number of hydrogen-bond acceptors (Lipinski definition) is 1. The summed E-state index contributed by atoms with van der Waals surface area (Å²) in [7, 11) is 0. The second-order valence-corrected chi connectivity index (χ2v) is 5.37. The highest BCUT2D eigenvalue weighted by molar-refractivity contribution is 5.86. The molecule has 2 nitrogen and oxygen atoms in total. The topological polar surface area (TPSA) is 32.9 Å². The van der Waals surface area contributed by atoms with Gasteiger partial charge in [0.05, 0.1) is 0 Å². The zero-order chi connectivity index (χ0) is 14.3. The first kappa shape index (κ1) is 12.7. The van der Waals surface area contributed by atoms with E-state index in [1.54, 1.807) is 0 Å². The van der Waals surface area contributed by atoms with E-state index in [0.717, 1.165) is 27.6 Å². The van der Waals surface area contributed by atoms with Crippen molar-refractivity contribution < 1.29 is 0 Å². The van der Waals surface area contributed by atoms with Crippen LogP contribution in [0.3, 0.4) is 0 Å². The van der Waals surface area contributed by atoms with Gasteiger partial charge in [0.2, 0.25) is 0 Å². The molecule has 0 saturated heterocycles. The van der Waals surface area contributed by atoms with Crippen LogP contribution in [-0.2, 0) is 0 Å². The van der Waals surface area contributed by atoms with Crippen molar-refractivity contribution in [3.8, 4) is 11.3 Å². The van der Waals surface area contributed by atoms with Gasteiger partial charge in [0.1, 0.15) is 0 Å². The molecule has 1 heterocycles. The number of aromatic nitrogens is 1. The third kappa shape index (κ3) is 2.03. The molecule has 3 aromatic rings. The number of aryl methyl sites for hydroxylation is 3. The van der Waals surface area contributed by atoms with Gasteiger partial charge in [-0.25, -0.2) is 0 Å². The van der Waals surface area contributed by atoms with E-state index < -0.39 is 0 Å². The predicted molar refractivity (Wildman–Crippen MR) is 84.2 cm³/mol. The summed E-state index contributed by atoms with van der Waals surface area (Å²) < 4.78 is 0. The summed E-state index contributed by atoms with van der Waals surface area (Å²) >= 11 is 0. The van der Waals surface area contributed by atoms with E-state index in [0.29, 0.717) is 0 Å². The molecule has 100 valence electrons. The van der Waals surface area contributed by atoms with Gasteiger partial charge < -0.3 is 4.98 Å². The molecular formula is C18H17NO. The van der Waals surface area contributed by atoms with Crippen LogP contribution in [0.2, 0.25) is 0 Å². The van der Waals surface area contributed by atoms with Gasteiger partial charge >= 0.3 is 0 Å². The Morgan fingerprint density at radius 3 is 2.30 bits per heavy atom. The van der Waals surface area contributed by atoms with Crippen molar-refractivity contribution in [2.45, 2.75) is 20.8 Å². The van der Waals surface area contributed by atoms with Crippen LogP contribution in [0, 0.1) is 20.8 Å². The molecule has 0 bridgehead atoms. The standard InChI is InChI=1S/C18H17NO/c1-11-7-8-15-14(9-11)10-16(19-18(15)20)17-12(2)5-4-6-13(17)3/h4-10H,1-3H3,(H,19,20). The summed E-state index contributed by atoms with van der Waals surface area (Å²) in [6.45, 7) is 6.18. The molecule has 0 atom stereocenters. The molecule has 20 heavy (non-hydrogen) atoms. The number of aromatic amines is 1.